The summed E-state index contributed by atoms with van der Waals surface area (Å²) >= 11 is 0. The average molecular weight is 381 g/mol. The van der Waals surface area contributed by atoms with E-state index >= 15 is 0 Å². The van der Waals surface area contributed by atoms with Gasteiger partial charge < -0.3 is 0 Å². The fourth-order valence-corrected chi connectivity index (χ4v) is 5.20. The van der Waals surface area contributed by atoms with Crippen LogP contribution >= 0.6 is 0 Å². The third kappa shape index (κ3) is 4.39. The molecule has 0 aliphatic heterocycles. The summed E-state index contributed by atoms with van der Waals surface area (Å²) in [5.41, 5.74) is 1.68. The zero-order chi connectivity index (χ0) is 18.2. The Bertz CT molecular complexity index is 660. The molecule has 0 saturated heterocycles. The zero-order valence-electron chi connectivity index (χ0n) is 14.9. The molecule has 0 N–H and O–H groups in total. The molecule has 0 radical (unpaired) electrons. The van der Waals surface area contributed by atoms with Crippen LogP contribution in [0.4, 0.5) is 0 Å². The van der Waals surface area contributed by atoms with Crippen molar-refractivity contribution in [3.05, 3.63) is 11.1 Å². The Balaban J connectivity index is 2.42. The molecule has 0 aromatic heterocycles. The molecule has 140 valence electrons. The van der Waals surface area contributed by atoms with Crippen molar-refractivity contribution in [1.82, 2.24) is 0 Å². The number of hydrogen-bond donors (Lipinski definition) is 0. The Morgan fingerprint density at radius 3 is 1.42 bits per heavy atom. The van der Waals surface area contributed by atoms with Crippen molar-refractivity contribution in [2.24, 2.45) is 10.8 Å². The summed E-state index contributed by atoms with van der Waals surface area (Å²) in [5, 5.41) is 0. The Kier molecular flexibility index (Phi) is 5.55. The van der Waals surface area contributed by atoms with Crippen LogP contribution in [0, 0.1) is 10.8 Å². The molecule has 0 amide bonds. The number of hydrogen-bond acceptors (Lipinski definition) is 6. The van der Waals surface area contributed by atoms with Gasteiger partial charge >= 0.3 is 0 Å². The van der Waals surface area contributed by atoms with E-state index in [-0.39, 0.29) is 13.2 Å². The van der Waals surface area contributed by atoms with Crippen LogP contribution < -0.4 is 0 Å². The molecule has 8 heteroatoms. The van der Waals surface area contributed by atoms with Crippen LogP contribution in [0.1, 0.15) is 52.4 Å². The van der Waals surface area contributed by atoms with Crippen LogP contribution in [-0.2, 0) is 28.6 Å². The smallest absolute Gasteiger partial charge is 0.264 e. The SMILES string of the molecule is CC1=C(C)C[C@]2(COS(C)(=O)=O)CCCC[C@]2(COS(C)(=O)=O)C1. The molecule has 6 nitrogen and oxygen atoms in total. The number of rotatable bonds is 6. The molecule has 1 saturated carbocycles. The monoisotopic (exact) mass is 380 g/mol. The standard InChI is InChI=1S/C16H28O6S2/c1-13-9-15(11-21-23(3,17)18)7-5-6-8-16(15,10-14(13)2)12-22-24(4,19)20/h5-12H2,1-4H3/t15-,16+. The lowest BCUT2D eigenvalue weighted by molar-refractivity contribution is -0.0805. The van der Waals surface area contributed by atoms with Crippen LogP contribution in [0.25, 0.3) is 0 Å². The third-order valence-corrected chi connectivity index (χ3v) is 6.81. The summed E-state index contributed by atoms with van der Waals surface area (Å²) in [5.74, 6) is 0. The molecule has 0 bridgehead atoms. The van der Waals surface area contributed by atoms with Gasteiger partial charge in [-0.05, 0) is 39.5 Å². The summed E-state index contributed by atoms with van der Waals surface area (Å²) in [7, 11) is -7.11. The van der Waals surface area contributed by atoms with E-state index in [0.29, 0.717) is 0 Å². The van der Waals surface area contributed by atoms with Crippen LogP contribution in [0.5, 0.6) is 0 Å². The fourth-order valence-electron chi connectivity index (χ4n) is 4.32. The molecule has 1 fully saturated rings. The Morgan fingerprint density at radius 2 is 1.12 bits per heavy atom. The van der Waals surface area contributed by atoms with Gasteiger partial charge in [0.2, 0.25) is 0 Å². The quantitative estimate of drug-likeness (QED) is 0.520. The zero-order valence-corrected chi connectivity index (χ0v) is 16.6. The van der Waals surface area contributed by atoms with Crippen LogP contribution in [0.2, 0.25) is 0 Å². The van der Waals surface area contributed by atoms with Crippen molar-refractivity contribution in [3.8, 4) is 0 Å². The largest absolute Gasteiger partial charge is 0.270 e. The van der Waals surface area contributed by atoms with E-state index < -0.39 is 31.1 Å². The van der Waals surface area contributed by atoms with Crippen molar-refractivity contribution in [2.45, 2.75) is 52.4 Å². The lowest BCUT2D eigenvalue weighted by Gasteiger charge is -2.56. The molecule has 2 atom stereocenters. The molecule has 0 spiro atoms. The minimum atomic E-state index is -3.56. The average Bonchev–Trinajstić information content (AvgIpc) is 2.43. The fraction of sp³-hybridized carbons (Fsp3) is 0.875. The van der Waals surface area contributed by atoms with Gasteiger partial charge in [-0.1, -0.05) is 24.0 Å². The first-order valence-electron chi connectivity index (χ1n) is 8.22. The van der Waals surface area contributed by atoms with Crippen molar-refractivity contribution in [2.75, 3.05) is 25.7 Å². The minimum absolute atomic E-state index is 0.0869. The lowest BCUT2D eigenvalue weighted by atomic mass is 9.50. The van der Waals surface area contributed by atoms with Gasteiger partial charge in [-0.25, -0.2) is 0 Å². The number of fused-ring (bicyclic) bond motifs is 1. The second-order valence-electron chi connectivity index (χ2n) is 7.61. The van der Waals surface area contributed by atoms with Crippen molar-refractivity contribution >= 4 is 20.2 Å². The predicted octanol–water partition coefficient (Wildman–Crippen LogP) is 2.62. The van der Waals surface area contributed by atoms with E-state index in [1.807, 2.05) is 0 Å². The van der Waals surface area contributed by atoms with Gasteiger partial charge in [0.05, 0.1) is 25.7 Å². The summed E-state index contributed by atoms with van der Waals surface area (Å²) in [6.45, 7) is 4.30. The molecular weight excluding hydrogens is 352 g/mol. The molecule has 0 unspecified atom stereocenters. The maximum absolute atomic E-state index is 11.6. The van der Waals surface area contributed by atoms with Crippen LogP contribution in [-0.4, -0.2) is 42.6 Å². The topological polar surface area (TPSA) is 86.7 Å². The van der Waals surface area contributed by atoms with E-state index in [0.717, 1.165) is 51.0 Å². The predicted molar refractivity (Wildman–Crippen MR) is 92.5 cm³/mol. The summed E-state index contributed by atoms with van der Waals surface area (Å²) < 4.78 is 56.6. The lowest BCUT2D eigenvalue weighted by Crippen LogP contribution is -2.53. The first-order valence-corrected chi connectivity index (χ1v) is 11.9. The normalized spacial score (nSPS) is 31.8. The first-order chi connectivity index (χ1) is 10.9. The van der Waals surface area contributed by atoms with Crippen molar-refractivity contribution in [1.29, 1.82) is 0 Å². The Morgan fingerprint density at radius 1 is 0.792 bits per heavy atom. The van der Waals surface area contributed by atoms with Crippen molar-refractivity contribution < 1.29 is 25.2 Å². The van der Waals surface area contributed by atoms with Gasteiger partial charge in [-0.15, -0.1) is 0 Å². The second-order valence-corrected chi connectivity index (χ2v) is 10.9. The van der Waals surface area contributed by atoms with Crippen molar-refractivity contribution in [3.63, 3.8) is 0 Å². The summed E-state index contributed by atoms with van der Waals surface area (Å²) in [6, 6.07) is 0. The Labute approximate surface area is 145 Å². The third-order valence-electron chi connectivity index (χ3n) is 5.72. The van der Waals surface area contributed by atoms with E-state index in [4.69, 9.17) is 8.37 Å². The van der Waals surface area contributed by atoms with Gasteiger partial charge in [-0.2, -0.15) is 16.8 Å². The molecule has 2 aliphatic rings. The maximum Gasteiger partial charge on any atom is 0.264 e. The van der Waals surface area contributed by atoms with E-state index in [1.165, 1.54) is 11.1 Å². The van der Waals surface area contributed by atoms with E-state index in [2.05, 4.69) is 13.8 Å². The highest BCUT2D eigenvalue weighted by Gasteiger charge is 2.55. The molecular formula is C16H28O6S2. The molecule has 0 aromatic carbocycles. The molecule has 0 heterocycles. The van der Waals surface area contributed by atoms with Gasteiger partial charge in [0.15, 0.2) is 0 Å². The summed E-state index contributed by atoms with van der Waals surface area (Å²) in [6.07, 6.45) is 7.17. The van der Waals surface area contributed by atoms with Crippen LogP contribution in [0.3, 0.4) is 0 Å². The van der Waals surface area contributed by atoms with Gasteiger partial charge in [0, 0.05) is 10.8 Å². The highest BCUT2D eigenvalue weighted by atomic mass is 32.2. The van der Waals surface area contributed by atoms with E-state index in [9.17, 15) is 16.8 Å². The van der Waals surface area contributed by atoms with Gasteiger partial charge in [-0.3, -0.25) is 8.37 Å². The second kappa shape index (κ2) is 6.70. The summed E-state index contributed by atoms with van der Waals surface area (Å²) in [4.78, 5) is 0. The minimum Gasteiger partial charge on any atom is -0.270 e. The van der Waals surface area contributed by atoms with E-state index in [1.54, 1.807) is 0 Å². The van der Waals surface area contributed by atoms with Gasteiger partial charge in [0.1, 0.15) is 0 Å². The first kappa shape index (κ1) is 19.9. The van der Waals surface area contributed by atoms with Gasteiger partial charge in [0.25, 0.3) is 20.2 Å². The highest BCUT2D eigenvalue weighted by molar-refractivity contribution is 7.86. The molecule has 0 aromatic rings. The molecule has 2 aliphatic carbocycles. The molecule has 2 rings (SSSR count). The maximum atomic E-state index is 11.6. The Hall–Kier alpha value is -0.440. The highest BCUT2D eigenvalue weighted by Crippen LogP contribution is 2.60. The molecule has 24 heavy (non-hydrogen) atoms. The van der Waals surface area contributed by atoms with Crippen LogP contribution in [0.15, 0.2) is 11.1 Å². The number of allylic oxidation sites excluding steroid dienone is 2.